The van der Waals surface area contributed by atoms with Crippen molar-refractivity contribution in [2.24, 2.45) is 28.2 Å². The number of carboxylic acids is 4. The number of carboxylic acid groups (broad SMARTS) is 4. The van der Waals surface area contributed by atoms with Crippen molar-refractivity contribution in [3.05, 3.63) is 65.9 Å². The number of para-hydroxylation sites is 2. The van der Waals surface area contributed by atoms with Gasteiger partial charge in [0, 0.05) is 46.6 Å². The van der Waals surface area contributed by atoms with Crippen molar-refractivity contribution in [1.82, 2.24) is 74.1 Å². The number of ketones is 1. The van der Waals surface area contributed by atoms with Crippen molar-refractivity contribution in [1.29, 1.82) is 0 Å². The Morgan fingerprint density at radius 3 is 1.70 bits per heavy atom. The van der Waals surface area contributed by atoms with Gasteiger partial charge in [0.25, 0.3) is 0 Å². The van der Waals surface area contributed by atoms with Crippen molar-refractivity contribution in [2.45, 2.75) is 222 Å². The number of nitrogens with two attached hydrogens (primary N) is 3. The molecule has 14 amide bonds. The van der Waals surface area contributed by atoms with Gasteiger partial charge in [0.1, 0.15) is 72.6 Å². The highest BCUT2D eigenvalue weighted by atomic mass is 16.5. The molecule has 0 radical (unpaired) electrons. The molecule has 4 fully saturated rings. The second kappa shape index (κ2) is 44.6. The van der Waals surface area contributed by atoms with Gasteiger partial charge in [-0.25, -0.2) is 4.79 Å². The van der Waals surface area contributed by atoms with Crippen molar-refractivity contribution in [3.8, 4) is 0 Å². The van der Waals surface area contributed by atoms with E-state index in [2.05, 4.69) is 65.1 Å². The number of rotatable bonds is 32. The number of anilines is 1. The number of cyclic esters (lactones) is 1. The molecule has 0 spiro atoms. The number of hydrogen-bond acceptors (Lipinski definition) is 24. The van der Waals surface area contributed by atoms with E-state index in [4.69, 9.17) is 21.9 Å². The van der Waals surface area contributed by atoms with Crippen LogP contribution >= 0.6 is 0 Å². The molecule has 2 aromatic carbocycles. The molecule has 3 saturated carbocycles. The van der Waals surface area contributed by atoms with Crippen molar-refractivity contribution in [2.75, 3.05) is 32.0 Å². The highest BCUT2D eigenvalue weighted by molar-refractivity contribution is 6.05. The standard InChI is InChI=1S/C76H105N17O26/c1-5-6-11-18-75-19-22-76(23-20-75,24-21-75)74(118)91-46(27-40-33-80-44-16-10-8-13-41(40)44)67(111)87-47(29-54(79)96)68(112)89-50(32-60(105)106)69(113)93-62-39(4)119-73(117)51(28-53(95)42-14-7-9-15-43(42)78)90-72(116)61(37(2)26-57(99)100)92-70(114)52(36-94)85-56(98)34-81-64(108)48(30-58(101)102)86-63(107)38(3)83-66(110)49(31-59(103)104)88-65(109)45(17-12-25-77)84-55(97)35-82-71(62)115/h7-10,13-16,33,37-39,45-52,61-62,80,94H,5-6,11-12,17-32,34-36,77-78H2,1-4H3,(H2,79,96)(H,81,108)(H,82,115)(H,83,110)(H,84,97)(H,85,98)(H,86,107)(H,87,111)(H,88,109)(H,89,112)(H,90,116)(H,91,118)(H,92,114)(H,93,113)(H,99,100)(H,101,102)(H,103,104)(H,105,106)/t37-,38-,39-,45+,46+,47-,48+,49+,50+,51+,52-,61+,62+,75?,76?/m1/s1. The molecule has 43 heteroatoms. The van der Waals surface area contributed by atoms with Gasteiger partial charge in [-0.3, -0.25) is 91.1 Å². The number of aliphatic hydroxyl groups excluding tert-OH is 1. The maximum atomic E-state index is 14.9. The van der Waals surface area contributed by atoms with E-state index >= 15 is 0 Å². The number of Topliss-reactive ketones (excluding diaryl/α,β-unsaturated/α-hetero) is 1. The Morgan fingerprint density at radius 2 is 1.11 bits per heavy atom. The average Bonchev–Trinajstić information content (AvgIpc) is 1.33. The first kappa shape index (κ1) is 95.1. The molecule has 13 atom stereocenters. The van der Waals surface area contributed by atoms with Crippen LogP contribution in [0.15, 0.2) is 54.7 Å². The maximum Gasteiger partial charge on any atom is 0.329 e. The van der Waals surface area contributed by atoms with Crippen LogP contribution in [0.1, 0.15) is 159 Å². The van der Waals surface area contributed by atoms with E-state index in [1.54, 1.807) is 30.5 Å². The lowest BCUT2D eigenvalue weighted by Gasteiger charge is -2.53. The number of aliphatic carboxylic acids is 4. The number of carbonyl (C=O) groups excluding carboxylic acids is 16. The summed E-state index contributed by atoms with van der Waals surface area (Å²) in [5, 5.41) is 79.3. The fraction of sp³-hybridized carbons (Fsp3) is 0.553. The number of hydrogen-bond donors (Lipinski definition) is 22. The molecule has 1 aliphatic heterocycles. The summed E-state index contributed by atoms with van der Waals surface area (Å²) in [7, 11) is 0. The van der Waals surface area contributed by atoms with Gasteiger partial charge in [-0.2, -0.15) is 0 Å². The van der Waals surface area contributed by atoms with E-state index in [1.165, 1.54) is 24.3 Å². The minimum Gasteiger partial charge on any atom is -0.481 e. The maximum absolute atomic E-state index is 14.9. The summed E-state index contributed by atoms with van der Waals surface area (Å²) in [5.41, 5.74) is 17.5. The molecule has 43 nitrogen and oxygen atoms in total. The predicted octanol–water partition coefficient (Wildman–Crippen LogP) is -4.84. The number of benzene rings is 2. The van der Waals surface area contributed by atoms with Gasteiger partial charge in [0.05, 0.1) is 51.8 Å². The van der Waals surface area contributed by atoms with Gasteiger partial charge in [-0.1, -0.05) is 63.4 Å². The number of aromatic amines is 1. The number of unbranched alkanes of at least 4 members (excludes halogenated alkanes) is 2. The van der Waals surface area contributed by atoms with Crippen LogP contribution in [0, 0.1) is 16.7 Å². The van der Waals surface area contributed by atoms with Crippen molar-refractivity contribution >= 4 is 135 Å². The van der Waals surface area contributed by atoms with E-state index in [-0.39, 0.29) is 36.1 Å². The number of nitrogens with one attached hydrogen (secondary N) is 14. The number of ether oxygens (including phenoxy) is 1. The molecule has 119 heavy (non-hydrogen) atoms. The number of aliphatic hydroxyl groups is 1. The summed E-state index contributed by atoms with van der Waals surface area (Å²) in [4.78, 5) is 279. The van der Waals surface area contributed by atoms with Crippen molar-refractivity contribution < 1.29 is 126 Å². The van der Waals surface area contributed by atoms with Gasteiger partial charge < -0.3 is 122 Å². The molecule has 0 unspecified atom stereocenters. The third kappa shape index (κ3) is 28.3. The van der Waals surface area contributed by atoms with Crippen LogP contribution in [-0.4, -0.2) is 248 Å². The van der Waals surface area contributed by atoms with Crippen molar-refractivity contribution in [3.63, 3.8) is 0 Å². The second-order valence-corrected chi connectivity index (χ2v) is 30.0. The number of aromatic nitrogens is 1. The third-order valence-corrected chi connectivity index (χ3v) is 21.0. The highest BCUT2D eigenvalue weighted by Crippen LogP contribution is 2.59. The lowest BCUT2D eigenvalue weighted by molar-refractivity contribution is -0.156. The first-order chi connectivity index (χ1) is 56.2. The topological polar surface area (TPSA) is 702 Å². The van der Waals surface area contributed by atoms with Gasteiger partial charge in [0.2, 0.25) is 82.7 Å². The van der Waals surface area contributed by atoms with Crippen LogP contribution in [0.4, 0.5) is 5.69 Å². The third-order valence-electron chi connectivity index (χ3n) is 21.0. The first-order valence-electron chi connectivity index (χ1n) is 38.7. The van der Waals surface area contributed by atoms with Crippen LogP contribution < -0.4 is 86.3 Å². The Labute approximate surface area is 680 Å². The van der Waals surface area contributed by atoms with E-state index in [1.807, 2.05) is 16.0 Å². The summed E-state index contributed by atoms with van der Waals surface area (Å²) in [6.45, 7) is 1.18. The predicted molar refractivity (Wildman–Crippen MR) is 414 cm³/mol. The van der Waals surface area contributed by atoms with Crippen LogP contribution in [0.2, 0.25) is 0 Å². The summed E-state index contributed by atoms with van der Waals surface area (Å²) in [6, 6.07) is -10.4. The fourth-order valence-electron chi connectivity index (χ4n) is 14.3. The molecule has 4 aliphatic rings. The average molecular weight is 1670 g/mol. The zero-order valence-corrected chi connectivity index (χ0v) is 66.0. The molecule has 25 N–H and O–H groups in total. The molecule has 3 aromatic rings. The molecule has 7 rings (SSSR count). The smallest absolute Gasteiger partial charge is 0.329 e. The summed E-state index contributed by atoms with van der Waals surface area (Å²) in [6.07, 6.45) is -0.139. The number of primary amides is 1. The number of carbonyl (C=O) groups is 20. The summed E-state index contributed by atoms with van der Waals surface area (Å²) < 4.78 is 5.71. The summed E-state index contributed by atoms with van der Waals surface area (Å²) >= 11 is 0. The number of nitrogen functional groups attached to an aromatic ring is 1. The van der Waals surface area contributed by atoms with E-state index in [9.17, 15) is 121 Å². The molecule has 2 bridgehead atoms. The van der Waals surface area contributed by atoms with Crippen LogP contribution in [0.5, 0.6) is 0 Å². The highest BCUT2D eigenvalue weighted by Gasteiger charge is 2.53. The Kier molecular flexibility index (Phi) is 35.6. The van der Waals surface area contributed by atoms with Gasteiger partial charge in [-0.15, -0.1) is 0 Å². The SMILES string of the molecule is CCCCCC12CCC(C(=O)N[C@@H](Cc3c[nH]c4ccccc34)C(=O)N[C@H](CC(N)=O)C(=O)N[C@@H](CC(=O)O)C(=O)N[C@@H]3C(=O)NCC(=O)N[C@@H](CCCN)C(=O)N[C@@H](CC(=O)O)C(=O)N[C@H](C)C(=O)N[C@@H](CC(=O)O)C(=O)NCC(=O)N[C@H](CO)C(=O)N[C@@H]([C@H](C)CC(=O)O)C(=O)N[C@@H](CC(=O)c4ccccc4N)C(=O)O[C@@H]3C)(CC1)CC2. The van der Waals surface area contributed by atoms with E-state index in [0.717, 1.165) is 65.7 Å². The monoisotopic (exact) mass is 1670 g/mol. The largest absolute Gasteiger partial charge is 0.481 e. The quantitative estimate of drug-likeness (QED) is 0.0121. The lowest BCUT2D eigenvalue weighted by atomic mass is 9.52. The van der Waals surface area contributed by atoms with Gasteiger partial charge >= 0.3 is 29.8 Å². The van der Waals surface area contributed by atoms with E-state index in [0.29, 0.717) is 35.7 Å². The fourth-order valence-corrected chi connectivity index (χ4v) is 14.3. The molecule has 2 heterocycles. The Hall–Kier alpha value is -12.7. The summed E-state index contributed by atoms with van der Waals surface area (Å²) in [5.74, 6) is -29.5. The molecular weight excluding hydrogens is 1570 g/mol. The molecule has 1 aromatic heterocycles. The van der Waals surface area contributed by atoms with E-state index < -0.39 is 267 Å². The van der Waals surface area contributed by atoms with Crippen LogP contribution in [0.3, 0.4) is 0 Å². The first-order valence-corrected chi connectivity index (χ1v) is 38.7. The molecule has 650 valence electrons. The normalized spacial score (nSPS) is 24.5. The van der Waals surface area contributed by atoms with Crippen LogP contribution in [-0.2, 0) is 102 Å². The van der Waals surface area contributed by atoms with Gasteiger partial charge in [0.15, 0.2) is 5.78 Å². The number of fused-ring (bicyclic) bond motifs is 4. The van der Waals surface area contributed by atoms with Gasteiger partial charge in [-0.05, 0) is 113 Å². The lowest BCUT2D eigenvalue weighted by Crippen LogP contribution is -2.62. The Bertz CT molecular complexity index is 4280. The minimum absolute atomic E-state index is 0.0774. The Morgan fingerprint density at radius 1 is 0.563 bits per heavy atom. The second-order valence-electron chi connectivity index (χ2n) is 30.0. The Balaban J connectivity index is 1.40. The van der Waals surface area contributed by atoms with Crippen LogP contribution in [0.25, 0.3) is 10.9 Å². The molecule has 3 aliphatic carbocycles. The zero-order chi connectivity index (χ0) is 88.2. The zero-order valence-electron chi connectivity index (χ0n) is 66.0. The number of H-pyrrole nitrogens is 1. The minimum atomic E-state index is -2.45. The molecule has 1 saturated heterocycles. The number of esters is 1. The number of amides is 14. The molecular formula is C76H105N17O26.